The third kappa shape index (κ3) is 2.84. The van der Waals surface area contributed by atoms with Gasteiger partial charge in [-0.1, -0.05) is 0 Å². The Hall–Kier alpha value is -1.90. The minimum Gasteiger partial charge on any atom is -0.479 e. The van der Waals surface area contributed by atoms with Gasteiger partial charge in [0.2, 0.25) is 0 Å². The lowest BCUT2D eigenvalue weighted by atomic mass is 9.70. The number of aromatic nitrogens is 1. The molecule has 0 atom stereocenters. The number of pyridine rings is 1. The number of halogens is 4. The number of rotatable bonds is 3. The first kappa shape index (κ1) is 17.9. The van der Waals surface area contributed by atoms with Crippen molar-refractivity contribution in [3.63, 3.8) is 0 Å². The van der Waals surface area contributed by atoms with Crippen molar-refractivity contribution in [2.75, 3.05) is 13.7 Å². The zero-order chi connectivity index (χ0) is 18.5. The summed E-state index contributed by atoms with van der Waals surface area (Å²) >= 11 is 0. The molecule has 3 aliphatic rings. The van der Waals surface area contributed by atoms with Crippen molar-refractivity contribution < 1.29 is 31.8 Å². The highest BCUT2D eigenvalue weighted by atomic mass is 19.4. The van der Waals surface area contributed by atoms with Crippen LogP contribution in [0.5, 0.6) is 5.88 Å². The fraction of sp³-hybridized carbons (Fsp3) is 0.625. The van der Waals surface area contributed by atoms with Gasteiger partial charge in [-0.2, -0.15) is 13.2 Å². The molecule has 138 valence electrons. The fourth-order valence-corrected chi connectivity index (χ4v) is 3.50. The van der Waals surface area contributed by atoms with Crippen LogP contribution in [0, 0.1) is 12.7 Å². The molecule has 0 aromatic carbocycles. The molecular formula is C16H18F4N2O3. The predicted molar refractivity (Wildman–Crippen MR) is 78.9 cm³/mol. The lowest BCUT2D eigenvalue weighted by molar-refractivity contribution is -0.317. The number of hydrogen-bond acceptors (Lipinski definition) is 4. The van der Waals surface area contributed by atoms with Gasteiger partial charge in [0.05, 0.1) is 24.8 Å². The van der Waals surface area contributed by atoms with Gasteiger partial charge in [0.15, 0.2) is 11.4 Å². The maximum Gasteiger partial charge on any atom is 0.417 e. The molecule has 1 N–H and O–H groups in total. The molecule has 1 aromatic heterocycles. The van der Waals surface area contributed by atoms with E-state index in [1.54, 1.807) is 0 Å². The van der Waals surface area contributed by atoms with E-state index in [0.717, 1.165) is 0 Å². The van der Waals surface area contributed by atoms with E-state index in [9.17, 15) is 22.4 Å². The summed E-state index contributed by atoms with van der Waals surface area (Å²) in [5, 5.41) is 2.68. The minimum atomic E-state index is -4.44. The van der Waals surface area contributed by atoms with Gasteiger partial charge in [-0.15, -0.1) is 0 Å². The van der Waals surface area contributed by atoms with Gasteiger partial charge >= 0.3 is 6.18 Å². The van der Waals surface area contributed by atoms with Crippen LogP contribution in [0.3, 0.4) is 0 Å². The summed E-state index contributed by atoms with van der Waals surface area (Å²) < 4.78 is 63.8. The second kappa shape index (κ2) is 5.82. The van der Waals surface area contributed by atoms with Crippen LogP contribution in [0.1, 0.15) is 41.6 Å². The van der Waals surface area contributed by atoms with Crippen molar-refractivity contribution in [1.29, 1.82) is 0 Å². The molecule has 2 bridgehead atoms. The fourth-order valence-electron chi connectivity index (χ4n) is 3.50. The van der Waals surface area contributed by atoms with E-state index in [1.807, 2.05) is 0 Å². The number of hydrogen-bond donors (Lipinski definition) is 1. The van der Waals surface area contributed by atoms with Gasteiger partial charge < -0.3 is 14.8 Å². The first-order valence-corrected chi connectivity index (χ1v) is 7.85. The molecule has 0 radical (unpaired) electrons. The Labute approximate surface area is 141 Å². The zero-order valence-electron chi connectivity index (χ0n) is 13.8. The standard InChI is InChI=1S/C16H18F4N2O3/c1-9-7-21-13(24-2)11(17)10(9)12(23)22-14-3-5-15(6-4-14,25-8-14)16(18,19)20/h7H,3-6,8H2,1-2H3,(H,22,23). The highest BCUT2D eigenvalue weighted by molar-refractivity contribution is 5.96. The Bertz CT molecular complexity index is 681. The van der Waals surface area contributed by atoms with Crippen molar-refractivity contribution in [3.05, 3.63) is 23.1 Å². The van der Waals surface area contributed by atoms with E-state index in [1.165, 1.54) is 20.2 Å². The number of fused-ring (bicyclic) bond motifs is 3. The molecular weight excluding hydrogens is 344 g/mol. The third-order valence-electron chi connectivity index (χ3n) is 5.13. The van der Waals surface area contributed by atoms with E-state index in [0.29, 0.717) is 5.56 Å². The highest BCUT2D eigenvalue weighted by Gasteiger charge is 2.63. The van der Waals surface area contributed by atoms with Crippen molar-refractivity contribution in [2.24, 2.45) is 0 Å². The molecule has 1 saturated carbocycles. The summed E-state index contributed by atoms with van der Waals surface area (Å²) in [6.45, 7) is 1.27. The molecule has 3 heterocycles. The molecule has 1 aromatic rings. The van der Waals surface area contributed by atoms with Crippen LogP contribution in [-0.4, -0.2) is 41.9 Å². The summed E-state index contributed by atoms with van der Waals surface area (Å²) in [6, 6.07) is 0. The lowest BCUT2D eigenvalue weighted by Crippen LogP contribution is -2.66. The summed E-state index contributed by atoms with van der Waals surface area (Å²) in [7, 11) is 1.23. The topological polar surface area (TPSA) is 60.5 Å². The van der Waals surface area contributed by atoms with Crippen LogP contribution >= 0.6 is 0 Å². The maximum atomic E-state index is 14.4. The van der Waals surface area contributed by atoms with E-state index >= 15 is 0 Å². The first-order valence-electron chi connectivity index (χ1n) is 7.85. The van der Waals surface area contributed by atoms with E-state index in [-0.39, 0.29) is 43.7 Å². The Balaban J connectivity index is 1.80. The van der Waals surface area contributed by atoms with Gasteiger partial charge in [-0.3, -0.25) is 4.79 Å². The Kier molecular flexibility index (Phi) is 4.17. The van der Waals surface area contributed by atoms with Crippen molar-refractivity contribution in [3.8, 4) is 5.88 Å². The number of amides is 1. The summed E-state index contributed by atoms with van der Waals surface area (Å²) in [5.41, 5.74) is -2.95. The molecule has 2 saturated heterocycles. The predicted octanol–water partition coefficient (Wildman–Crippen LogP) is 2.91. The third-order valence-corrected chi connectivity index (χ3v) is 5.13. The summed E-state index contributed by atoms with van der Waals surface area (Å²) in [5.74, 6) is -1.91. The second-order valence-corrected chi connectivity index (χ2v) is 6.65. The second-order valence-electron chi connectivity index (χ2n) is 6.65. The SMILES string of the molecule is COc1ncc(C)c(C(=O)NC23CCC(C(F)(F)F)(CC2)OC3)c1F. The minimum absolute atomic E-state index is 0.126. The van der Waals surface area contributed by atoms with Crippen molar-refractivity contribution >= 4 is 5.91 Å². The van der Waals surface area contributed by atoms with Crippen LogP contribution < -0.4 is 10.1 Å². The van der Waals surface area contributed by atoms with Crippen molar-refractivity contribution in [1.82, 2.24) is 10.3 Å². The quantitative estimate of drug-likeness (QED) is 0.840. The molecule has 5 nitrogen and oxygen atoms in total. The van der Waals surface area contributed by atoms with Crippen LogP contribution in [0.4, 0.5) is 17.6 Å². The Morgan fingerprint density at radius 3 is 2.44 bits per heavy atom. The molecule has 0 unspecified atom stereocenters. The van der Waals surface area contributed by atoms with E-state index < -0.39 is 29.0 Å². The molecule has 1 amide bonds. The average molecular weight is 362 g/mol. The molecule has 25 heavy (non-hydrogen) atoms. The van der Waals surface area contributed by atoms with Gasteiger partial charge in [-0.25, -0.2) is 9.37 Å². The number of methoxy groups -OCH3 is 1. The normalized spacial score (nSPS) is 28.7. The molecule has 4 rings (SSSR count). The number of carbonyl (C=O) groups excluding carboxylic acids is 1. The van der Waals surface area contributed by atoms with Crippen molar-refractivity contribution in [2.45, 2.75) is 49.9 Å². The van der Waals surface area contributed by atoms with Crippen LogP contribution in [0.25, 0.3) is 0 Å². The molecule has 1 aliphatic carbocycles. The lowest BCUT2D eigenvalue weighted by Gasteiger charge is -2.53. The van der Waals surface area contributed by atoms with Gasteiger partial charge in [0.25, 0.3) is 11.8 Å². The summed E-state index contributed by atoms with van der Waals surface area (Å²) in [6.07, 6.45) is -3.33. The van der Waals surface area contributed by atoms with Gasteiger partial charge in [-0.05, 0) is 38.2 Å². The molecule has 0 spiro atoms. The zero-order valence-corrected chi connectivity index (χ0v) is 13.8. The van der Waals surface area contributed by atoms with Crippen LogP contribution in [0.2, 0.25) is 0 Å². The number of carbonyl (C=O) groups is 1. The molecule has 2 aliphatic heterocycles. The first-order chi connectivity index (χ1) is 11.6. The number of ether oxygens (including phenoxy) is 2. The smallest absolute Gasteiger partial charge is 0.417 e. The van der Waals surface area contributed by atoms with E-state index in [2.05, 4.69) is 10.3 Å². The average Bonchev–Trinajstić information content (AvgIpc) is 2.55. The Morgan fingerprint density at radius 1 is 1.32 bits per heavy atom. The summed E-state index contributed by atoms with van der Waals surface area (Å²) in [4.78, 5) is 16.3. The monoisotopic (exact) mass is 362 g/mol. The van der Waals surface area contributed by atoms with Crippen LogP contribution in [-0.2, 0) is 4.74 Å². The highest BCUT2D eigenvalue weighted by Crippen LogP contribution is 2.51. The Morgan fingerprint density at radius 2 is 1.96 bits per heavy atom. The number of aryl methyl sites for hydroxylation is 1. The largest absolute Gasteiger partial charge is 0.479 e. The number of alkyl halides is 3. The van der Waals surface area contributed by atoms with E-state index in [4.69, 9.17) is 9.47 Å². The maximum absolute atomic E-state index is 14.4. The molecule has 9 heteroatoms. The number of nitrogens with one attached hydrogen (secondary N) is 1. The van der Waals surface area contributed by atoms with Crippen LogP contribution in [0.15, 0.2) is 6.20 Å². The number of nitrogens with zero attached hydrogens (tertiary/aromatic N) is 1. The van der Waals surface area contributed by atoms with Gasteiger partial charge in [0.1, 0.15) is 0 Å². The molecule has 3 fully saturated rings. The van der Waals surface area contributed by atoms with Gasteiger partial charge in [0, 0.05) is 6.20 Å².